The van der Waals surface area contributed by atoms with E-state index in [0.29, 0.717) is 12.0 Å². The van der Waals surface area contributed by atoms with Crippen molar-refractivity contribution < 1.29 is 33.4 Å². The Bertz CT molecular complexity index is 1030. The van der Waals surface area contributed by atoms with Crippen LogP contribution in [0.5, 0.6) is 0 Å². The van der Waals surface area contributed by atoms with E-state index in [1.165, 1.54) is 4.90 Å². The second-order valence-corrected chi connectivity index (χ2v) is 10.9. The minimum Gasteiger partial charge on any atom is -0.466 e. The molecule has 1 rings (SSSR count). The fourth-order valence-corrected chi connectivity index (χ4v) is 4.19. The zero-order valence-electron chi connectivity index (χ0n) is 25.1. The summed E-state index contributed by atoms with van der Waals surface area (Å²) in [5, 5.41) is 5.34. The third kappa shape index (κ3) is 11.6. The van der Waals surface area contributed by atoms with Crippen molar-refractivity contribution in [3.63, 3.8) is 0 Å². The van der Waals surface area contributed by atoms with Crippen molar-refractivity contribution in [1.29, 1.82) is 0 Å². The van der Waals surface area contributed by atoms with Gasteiger partial charge in [0.05, 0.1) is 13.0 Å². The van der Waals surface area contributed by atoms with Gasteiger partial charge in [-0.2, -0.15) is 0 Å². The molecule has 0 bridgehead atoms. The Morgan fingerprint density at radius 3 is 2.10 bits per heavy atom. The van der Waals surface area contributed by atoms with Gasteiger partial charge in [-0.1, -0.05) is 36.2 Å². The van der Waals surface area contributed by atoms with Gasteiger partial charge < -0.3 is 30.7 Å². The number of aryl methyl sites for hydroxylation is 2. The molecule has 1 aromatic carbocycles. The van der Waals surface area contributed by atoms with Gasteiger partial charge in [-0.05, 0) is 66.9 Å². The molecule has 0 saturated carbocycles. The molecule has 224 valence electrons. The van der Waals surface area contributed by atoms with Crippen LogP contribution in [0.1, 0.15) is 90.0 Å². The third-order valence-electron chi connectivity index (χ3n) is 6.01. The predicted molar refractivity (Wildman–Crippen MR) is 151 cm³/mol. The molecule has 0 spiro atoms. The van der Waals surface area contributed by atoms with Gasteiger partial charge >= 0.3 is 12.1 Å². The number of carbonyl (C=O) groups is 5. The maximum Gasteiger partial charge on any atom is 0.408 e. The molecule has 4 amide bonds. The monoisotopic (exact) mass is 562 g/mol. The molecule has 0 aromatic heterocycles. The van der Waals surface area contributed by atoms with Gasteiger partial charge in [-0.15, -0.1) is 0 Å². The highest BCUT2D eigenvalue weighted by atomic mass is 16.6. The van der Waals surface area contributed by atoms with Crippen molar-refractivity contribution >= 4 is 29.8 Å². The van der Waals surface area contributed by atoms with Crippen molar-refractivity contribution in [3.05, 3.63) is 34.9 Å². The number of hydrogen-bond donors (Lipinski definition) is 3. The number of esters is 1. The molecule has 0 aliphatic rings. The lowest BCUT2D eigenvalue weighted by atomic mass is 9.96. The van der Waals surface area contributed by atoms with Gasteiger partial charge in [0.25, 0.3) is 0 Å². The Kier molecular flexibility index (Phi) is 13.6. The fraction of sp³-hybridized carbons (Fsp3) is 0.621. The first-order valence-electron chi connectivity index (χ1n) is 13.7. The summed E-state index contributed by atoms with van der Waals surface area (Å²) in [5.74, 6) is -2.14. The molecule has 0 heterocycles. The van der Waals surface area contributed by atoms with Crippen LogP contribution >= 0.6 is 0 Å². The SMILES string of the molecule is CCOC(=O)CCNC(=O)C(c1cc(C)cc(C)c1)N(C(=O)C(CCC(N)=O)NC(=O)OC(C)(C)C)C(C)CC. The molecule has 1 aromatic rings. The Morgan fingerprint density at radius 2 is 1.60 bits per heavy atom. The van der Waals surface area contributed by atoms with Crippen LogP contribution in [-0.2, 0) is 28.7 Å². The first kappa shape index (κ1) is 34.4. The highest BCUT2D eigenvalue weighted by Gasteiger charge is 2.38. The summed E-state index contributed by atoms with van der Waals surface area (Å²) in [4.78, 5) is 65.4. The minimum absolute atomic E-state index is 0.0166. The molecule has 11 heteroatoms. The summed E-state index contributed by atoms with van der Waals surface area (Å²) in [5.41, 5.74) is 6.91. The maximum atomic E-state index is 14.2. The van der Waals surface area contributed by atoms with E-state index in [4.69, 9.17) is 15.2 Å². The lowest BCUT2D eigenvalue weighted by molar-refractivity contribution is -0.146. The normalized spacial score (nSPS) is 13.4. The molecule has 11 nitrogen and oxygen atoms in total. The zero-order chi connectivity index (χ0) is 30.6. The second kappa shape index (κ2) is 15.8. The van der Waals surface area contributed by atoms with E-state index in [2.05, 4.69) is 10.6 Å². The van der Waals surface area contributed by atoms with E-state index in [1.807, 2.05) is 39.0 Å². The summed E-state index contributed by atoms with van der Waals surface area (Å²) < 4.78 is 10.3. The van der Waals surface area contributed by atoms with Gasteiger partial charge in [0, 0.05) is 19.0 Å². The third-order valence-corrected chi connectivity index (χ3v) is 6.01. The van der Waals surface area contributed by atoms with Crippen LogP contribution < -0.4 is 16.4 Å². The number of benzene rings is 1. The van der Waals surface area contributed by atoms with Crippen molar-refractivity contribution in [3.8, 4) is 0 Å². The van der Waals surface area contributed by atoms with Crippen molar-refractivity contribution in [1.82, 2.24) is 15.5 Å². The Labute approximate surface area is 237 Å². The number of nitrogens with zero attached hydrogens (tertiary/aromatic N) is 1. The largest absolute Gasteiger partial charge is 0.466 e. The van der Waals surface area contributed by atoms with Crippen molar-refractivity contribution in [2.75, 3.05) is 13.2 Å². The van der Waals surface area contributed by atoms with E-state index in [-0.39, 0.29) is 32.4 Å². The lowest BCUT2D eigenvalue weighted by Gasteiger charge is -2.38. The van der Waals surface area contributed by atoms with E-state index >= 15 is 0 Å². The number of nitrogens with one attached hydrogen (secondary N) is 2. The van der Waals surface area contributed by atoms with Crippen LogP contribution in [0.4, 0.5) is 4.79 Å². The van der Waals surface area contributed by atoms with Crippen molar-refractivity contribution in [2.45, 2.75) is 105 Å². The first-order valence-corrected chi connectivity index (χ1v) is 13.7. The molecule has 0 fully saturated rings. The number of carbonyl (C=O) groups excluding carboxylic acids is 5. The predicted octanol–water partition coefficient (Wildman–Crippen LogP) is 3.20. The van der Waals surface area contributed by atoms with Crippen LogP contribution in [0.3, 0.4) is 0 Å². The number of hydrogen-bond acceptors (Lipinski definition) is 7. The van der Waals surface area contributed by atoms with E-state index in [1.54, 1.807) is 34.6 Å². The van der Waals surface area contributed by atoms with Gasteiger partial charge in [0.2, 0.25) is 17.7 Å². The fourth-order valence-electron chi connectivity index (χ4n) is 4.19. The first-order chi connectivity index (χ1) is 18.6. The number of amides is 4. The Hall–Kier alpha value is -3.63. The Morgan fingerprint density at radius 1 is 1.00 bits per heavy atom. The molecule has 0 radical (unpaired) electrons. The smallest absolute Gasteiger partial charge is 0.408 e. The molecule has 4 N–H and O–H groups in total. The molecule has 3 unspecified atom stereocenters. The average Bonchev–Trinajstić information content (AvgIpc) is 2.82. The topological polar surface area (TPSA) is 157 Å². The molecule has 0 saturated heterocycles. The molecular formula is C29H46N4O7. The quantitative estimate of drug-likeness (QED) is 0.294. The molecule has 40 heavy (non-hydrogen) atoms. The number of alkyl carbamates (subject to hydrolysis) is 1. The second-order valence-electron chi connectivity index (χ2n) is 10.9. The highest BCUT2D eigenvalue weighted by molar-refractivity contribution is 5.93. The number of nitrogens with two attached hydrogens (primary N) is 1. The van der Waals surface area contributed by atoms with Crippen LogP contribution in [0.25, 0.3) is 0 Å². The minimum atomic E-state index is -1.18. The van der Waals surface area contributed by atoms with E-state index < -0.39 is 53.5 Å². The van der Waals surface area contributed by atoms with Crippen LogP contribution in [0.2, 0.25) is 0 Å². The molecule has 0 aliphatic heterocycles. The van der Waals surface area contributed by atoms with Crippen molar-refractivity contribution in [2.24, 2.45) is 5.73 Å². The number of ether oxygens (including phenoxy) is 2. The Balaban J connectivity index is 3.54. The standard InChI is InChI=1S/C29H46N4O7/c1-9-20(5)33(27(37)22(11-12-23(30)34)32-28(38)40-29(6,7)8)25(21-16-18(3)15-19(4)17-21)26(36)31-14-13-24(35)39-10-2/h15-17,20,22,25H,9-14H2,1-8H3,(H2,30,34)(H,31,36)(H,32,38). The molecule has 0 aliphatic carbocycles. The summed E-state index contributed by atoms with van der Waals surface area (Å²) in [6.45, 7) is 14.5. The van der Waals surface area contributed by atoms with Gasteiger partial charge in [0.1, 0.15) is 17.7 Å². The summed E-state index contributed by atoms with van der Waals surface area (Å²) in [7, 11) is 0. The number of primary amides is 1. The van der Waals surface area contributed by atoms with Crippen LogP contribution in [0, 0.1) is 13.8 Å². The zero-order valence-corrected chi connectivity index (χ0v) is 25.1. The van der Waals surface area contributed by atoms with Crippen LogP contribution in [0.15, 0.2) is 18.2 Å². The number of rotatable bonds is 14. The lowest BCUT2D eigenvalue weighted by Crippen LogP contribution is -2.55. The molecular weight excluding hydrogens is 516 g/mol. The summed E-state index contributed by atoms with van der Waals surface area (Å²) >= 11 is 0. The van der Waals surface area contributed by atoms with Gasteiger partial charge in [-0.3, -0.25) is 19.2 Å². The van der Waals surface area contributed by atoms with E-state index in [0.717, 1.165) is 11.1 Å². The molecule has 3 atom stereocenters. The van der Waals surface area contributed by atoms with E-state index in [9.17, 15) is 24.0 Å². The highest BCUT2D eigenvalue weighted by Crippen LogP contribution is 2.28. The van der Waals surface area contributed by atoms with Gasteiger partial charge in [-0.25, -0.2) is 4.79 Å². The van der Waals surface area contributed by atoms with Gasteiger partial charge in [0.15, 0.2) is 0 Å². The summed E-state index contributed by atoms with van der Waals surface area (Å²) in [6.07, 6.45) is -0.609. The average molecular weight is 563 g/mol. The maximum absolute atomic E-state index is 14.2. The summed E-state index contributed by atoms with van der Waals surface area (Å²) in [6, 6.07) is 2.90. The van der Waals surface area contributed by atoms with Crippen LogP contribution in [-0.4, -0.2) is 65.5 Å².